The van der Waals surface area contributed by atoms with Crippen molar-refractivity contribution in [3.05, 3.63) is 0 Å². The maximum atomic E-state index is 2.33. The Kier molecular flexibility index (Phi) is 9.55. The highest BCUT2D eigenvalue weighted by atomic mass is 14.1. The van der Waals surface area contributed by atoms with Crippen molar-refractivity contribution in [1.29, 1.82) is 0 Å². The molecule has 0 bridgehead atoms. The van der Waals surface area contributed by atoms with Crippen LogP contribution in [-0.4, -0.2) is 0 Å². The third kappa shape index (κ3) is 12.0. The summed E-state index contributed by atoms with van der Waals surface area (Å²) in [6.07, 6.45) is 11.5. The zero-order valence-corrected chi connectivity index (χ0v) is 10.8. The molecule has 1 aliphatic rings. The summed E-state index contributed by atoms with van der Waals surface area (Å²) in [7, 11) is 0. The standard InChI is InChI=1S/C11H24.C3H6/c1-5-7-11(8-6-2)9-10(3)4;1-2-3-1/h10-11H,5-9H2,1-4H3;1-3H2. The Hall–Kier alpha value is 0. The van der Waals surface area contributed by atoms with Crippen molar-refractivity contribution in [2.24, 2.45) is 11.8 Å². The monoisotopic (exact) mass is 198 g/mol. The van der Waals surface area contributed by atoms with E-state index in [1.807, 2.05) is 0 Å². The van der Waals surface area contributed by atoms with Crippen LogP contribution in [0.4, 0.5) is 0 Å². The van der Waals surface area contributed by atoms with Gasteiger partial charge in [-0.15, -0.1) is 0 Å². The molecule has 0 heterocycles. The Morgan fingerprint density at radius 1 is 0.857 bits per heavy atom. The molecule has 0 spiro atoms. The molecule has 1 rings (SSSR count). The van der Waals surface area contributed by atoms with Crippen LogP contribution < -0.4 is 0 Å². The molecular weight excluding hydrogens is 168 g/mol. The Morgan fingerprint density at radius 2 is 1.29 bits per heavy atom. The van der Waals surface area contributed by atoms with Gasteiger partial charge in [0.05, 0.1) is 0 Å². The van der Waals surface area contributed by atoms with E-state index in [9.17, 15) is 0 Å². The highest BCUT2D eigenvalue weighted by Gasteiger charge is 2.07. The second-order valence-electron chi connectivity index (χ2n) is 5.13. The molecule has 1 aliphatic carbocycles. The van der Waals surface area contributed by atoms with Crippen LogP contribution in [0.15, 0.2) is 0 Å². The quantitative estimate of drug-likeness (QED) is 0.534. The van der Waals surface area contributed by atoms with E-state index in [-0.39, 0.29) is 0 Å². The Morgan fingerprint density at radius 3 is 1.50 bits per heavy atom. The van der Waals surface area contributed by atoms with Gasteiger partial charge in [0.15, 0.2) is 0 Å². The maximum Gasteiger partial charge on any atom is -0.0412 e. The summed E-state index contributed by atoms with van der Waals surface area (Å²) in [5.41, 5.74) is 0. The van der Waals surface area contributed by atoms with Crippen molar-refractivity contribution >= 4 is 0 Å². The van der Waals surface area contributed by atoms with Crippen LogP contribution in [0.3, 0.4) is 0 Å². The average molecular weight is 198 g/mol. The lowest BCUT2D eigenvalue weighted by molar-refractivity contribution is 0.358. The highest BCUT2D eigenvalue weighted by molar-refractivity contribution is 4.60. The molecule has 0 saturated heterocycles. The van der Waals surface area contributed by atoms with Crippen molar-refractivity contribution in [1.82, 2.24) is 0 Å². The molecule has 14 heavy (non-hydrogen) atoms. The van der Waals surface area contributed by atoms with Crippen molar-refractivity contribution in [3.63, 3.8) is 0 Å². The third-order valence-corrected chi connectivity index (χ3v) is 2.55. The molecule has 0 unspecified atom stereocenters. The average Bonchev–Trinajstić information content (AvgIpc) is 2.89. The van der Waals surface area contributed by atoms with Crippen LogP contribution in [0.5, 0.6) is 0 Å². The zero-order chi connectivity index (χ0) is 10.8. The van der Waals surface area contributed by atoms with Gasteiger partial charge in [-0.05, 0) is 18.3 Å². The first kappa shape index (κ1) is 14.0. The number of hydrogen-bond donors (Lipinski definition) is 0. The van der Waals surface area contributed by atoms with Crippen molar-refractivity contribution in [3.8, 4) is 0 Å². The van der Waals surface area contributed by atoms with Crippen LogP contribution in [0.2, 0.25) is 0 Å². The predicted octanol–water partition coefficient (Wildman–Crippen LogP) is 5.42. The molecule has 86 valence electrons. The smallest absolute Gasteiger partial charge is 0.0412 e. The first-order chi connectivity index (χ1) is 6.70. The zero-order valence-electron chi connectivity index (χ0n) is 10.8. The second-order valence-corrected chi connectivity index (χ2v) is 5.13. The lowest BCUT2D eigenvalue weighted by Gasteiger charge is -2.16. The summed E-state index contributed by atoms with van der Waals surface area (Å²) in [5, 5.41) is 0. The van der Waals surface area contributed by atoms with Crippen LogP contribution in [-0.2, 0) is 0 Å². The topological polar surface area (TPSA) is 0 Å². The molecule has 0 heteroatoms. The summed E-state index contributed by atoms with van der Waals surface area (Å²) < 4.78 is 0. The summed E-state index contributed by atoms with van der Waals surface area (Å²) in [6.45, 7) is 9.25. The van der Waals surface area contributed by atoms with Gasteiger partial charge in [0.25, 0.3) is 0 Å². The van der Waals surface area contributed by atoms with Gasteiger partial charge in [-0.2, -0.15) is 0 Å². The molecule has 0 N–H and O–H groups in total. The fraction of sp³-hybridized carbons (Fsp3) is 1.00. The molecule has 0 aromatic heterocycles. The van der Waals surface area contributed by atoms with E-state index in [4.69, 9.17) is 0 Å². The molecule has 0 radical (unpaired) electrons. The van der Waals surface area contributed by atoms with Crippen molar-refractivity contribution in [2.45, 2.75) is 79.1 Å². The van der Waals surface area contributed by atoms with Crippen LogP contribution in [0, 0.1) is 11.8 Å². The molecule has 0 nitrogen and oxygen atoms in total. The Bertz CT molecular complexity index is 93.9. The largest absolute Gasteiger partial charge is 0.0654 e. The normalized spacial score (nSPS) is 14.1. The molecule has 1 saturated carbocycles. The van der Waals surface area contributed by atoms with Gasteiger partial charge in [-0.25, -0.2) is 0 Å². The Balaban J connectivity index is 0.000000469. The Labute approximate surface area is 91.5 Å². The van der Waals surface area contributed by atoms with E-state index >= 15 is 0 Å². The molecule has 0 aromatic rings. The maximum absolute atomic E-state index is 2.33. The molecule has 0 aliphatic heterocycles. The molecule has 1 fully saturated rings. The lowest BCUT2D eigenvalue weighted by atomic mass is 9.90. The van der Waals surface area contributed by atoms with Crippen LogP contribution in [0.1, 0.15) is 79.1 Å². The minimum Gasteiger partial charge on any atom is -0.0654 e. The van der Waals surface area contributed by atoms with E-state index < -0.39 is 0 Å². The lowest BCUT2D eigenvalue weighted by Crippen LogP contribution is -2.03. The molecular formula is C14H30. The first-order valence-corrected chi connectivity index (χ1v) is 6.70. The summed E-state index contributed by atoms with van der Waals surface area (Å²) in [4.78, 5) is 0. The van der Waals surface area contributed by atoms with E-state index in [1.54, 1.807) is 0 Å². The third-order valence-electron chi connectivity index (χ3n) is 2.55. The van der Waals surface area contributed by atoms with E-state index in [0.717, 1.165) is 11.8 Å². The minimum atomic E-state index is 0.887. The van der Waals surface area contributed by atoms with Crippen molar-refractivity contribution < 1.29 is 0 Å². The SMILES string of the molecule is C1CC1.CCCC(CCC)CC(C)C. The van der Waals surface area contributed by atoms with Gasteiger partial charge in [0.1, 0.15) is 0 Å². The second kappa shape index (κ2) is 9.55. The molecule has 0 atom stereocenters. The van der Waals surface area contributed by atoms with Gasteiger partial charge in [-0.3, -0.25) is 0 Å². The van der Waals surface area contributed by atoms with E-state index in [1.165, 1.54) is 51.4 Å². The van der Waals surface area contributed by atoms with Crippen molar-refractivity contribution in [2.75, 3.05) is 0 Å². The first-order valence-electron chi connectivity index (χ1n) is 6.70. The summed E-state index contributed by atoms with van der Waals surface area (Å²) in [6, 6.07) is 0. The molecule has 0 amide bonds. The van der Waals surface area contributed by atoms with Gasteiger partial charge in [-0.1, -0.05) is 72.6 Å². The summed E-state index contributed by atoms with van der Waals surface area (Å²) in [5.74, 6) is 1.89. The minimum absolute atomic E-state index is 0.887. The fourth-order valence-electron chi connectivity index (χ4n) is 1.86. The predicted molar refractivity (Wildman–Crippen MR) is 66.6 cm³/mol. The van der Waals surface area contributed by atoms with E-state index in [0.29, 0.717) is 0 Å². The number of hydrogen-bond acceptors (Lipinski definition) is 0. The van der Waals surface area contributed by atoms with Gasteiger partial charge in [0.2, 0.25) is 0 Å². The highest BCUT2D eigenvalue weighted by Crippen LogP contribution is 2.21. The van der Waals surface area contributed by atoms with Crippen LogP contribution in [0.25, 0.3) is 0 Å². The molecule has 0 aromatic carbocycles. The number of rotatable bonds is 6. The van der Waals surface area contributed by atoms with Gasteiger partial charge >= 0.3 is 0 Å². The fourth-order valence-corrected chi connectivity index (χ4v) is 1.86. The van der Waals surface area contributed by atoms with E-state index in [2.05, 4.69) is 27.7 Å². The summed E-state index contributed by atoms with van der Waals surface area (Å²) >= 11 is 0. The van der Waals surface area contributed by atoms with Gasteiger partial charge in [0, 0.05) is 0 Å². The van der Waals surface area contributed by atoms with Crippen LogP contribution >= 0.6 is 0 Å². The van der Waals surface area contributed by atoms with Gasteiger partial charge < -0.3 is 0 Å².